The van der Waals surface area contributed by atoms with Gasteiger partial charge in [-0.25, -0.2) is 4.98 Å². The molecule has 16 heavy (non-hydrogen) atoms. The molecule has 3 nitrogen and oxygen atoms in total. The second kappa shape index (κ2) is 4.31. The Morgan fingerprint density at radius 2 is 2.12 bits per heavy atom. The van der Waals surface area contributed by atoms with Crippen LogP contribution >= 0.6 is 0 Å². The van der Waals surface area contributed by atoms with Crippen molar-refractivity contribution < 1.29 is 4.79 Å². The molecular weight excluding hydrogens is 200 g/mol. The van der Waals surface area contributed by atoms with Gasteiger partial charge in [-0.1, -0.05) is 13.0 Å². The van der Waals surface area contributed by atoms with Crippen LogP contribution in [0.2, 0.25) is 0 Å². The van der Waals surface area contributed by atoms with Gasteiger partial charge in [-0.3, -0.25) is 9.36 Å². The average molecular weight is 214 g/mol. The first-order valence-electron chi connectivity index (χ1n) is 5.36. The minimum Gasteiger partial charge on any atom is -0.296 e. The molecule has 2 aromatic heterocycles. The highest BCUT2D eigenvalue weighted by Gasteiger charge is 2.08. The Bertz CT molecular complexity index is 514. The Balaban J connectivity index is 2.61. The highest BCUT2D eigenvalue weighted by Crippen LogP contribution is 2.15. The minimum atomic E-state index is 0.648. The summed E-state index contributed by atoms with van der Waals surface area (Å²) in [5, 5.41) is 0. The van der Waals surface area contributed by atoms with Gasteiger partial charge in [0.2, 0.25) is 0 Å². The molecule has 0 saturated carbocycles. The molecule has 0 amide bonds. The van der Waals surface area contributed by atoms with Crippen molar-refractivity contribution in [1.29, 1.82) is 0 Å². The Morgan fingerprint density at radius 1 is 1.31 bits per heavy atom. The monoisotopic (exact) mass is 214 g/mol. The van der Waals surface area contributed by atoms with Gasteiger partial charge in [-0.05, 0) is 37.6 Å². The molecular formula is C13H14N2O. The molecule has 2 aromatic rings. The molecule has 0 aromatic carbocycles. The molecule has 0 aliphatic heterocycles. The molecule has 0 bridgehead atoms. The lowest BCUT2D eigenvalue weighted by Crippen LogP contribution is -2.05. The van der Waals surface area contributed by atoms with Crippen molar-refractivity contribution in [2.45, 2.75) is 20.3 Å². The van der Waals surface area contributed by atoms with E-state index in [0.717, 1.165) is 29.9 Å². The second-order valence-electron chi connectivity index (χ2n) is 3.69. The van der Waals surface area contributed by atoms with Crippen LogP contribution < -0.4 is 0 Å². The van der Waals surface area contributed by atoms with E-state index in [0.29, 0.717) is 5.69 Å². The topological polar surface area (TPSA) is 34.9 Å². The Kier molecular flexibility index (Phi) is 2.86. The molecule has 2 heterocycles. The van der Waals surface area contributed by atoms with Crippen LogP contribution in [0.25, 0.3) is 5.82 Å². The Labute approximate surface area is 94.7 Å². The first kappa shape index (κ1) is 10.6. The fourth-order valence-corrected chi connectivity index (χ4v) is 1.80. The van der Waals surface area contributed by atoms with Crippen LogP contribution in [0.15, 0.2) is 30.3 Å². The summed E-state index contributed by atoms with van der Waals surface area (Å²) in [5.74, 6) is 0.809. The molecule has 0 fully saturated rings. The molecule has 0 atom stereocenters. The predicted octanol–water partition coefficient (Wildman–Crippen LogP) is 2.56. The van der Waals surface area contributed by atoms with Crippen molar-refractivity contribution in [3.05, 3.63) is 47.4 Å². The maximum Gasteiger partial charge on any atom is 0.166 e. The van der Waals surface area contributed by atoms with Gasteiger partial charge in [0, 0.05) is 11.4 Å². The van der Waals surface area contributed by atoms with Gasteiger partial charge in [-0.15, -0.1) is 0 Å². The molecule has 0 aliphatic carbocycles. The van der Waals surface area contributed by atoms with E-state index in [1.54, 1.807) is 0 Å². The van der Waals surface area contributed by atoms with E-state index in [4.69, 9.17) is 0 Å². The molecule has 0 N–H and O–H groups in total. The fraction of sp³-hybridized carbons (Fsp3) is 0.231. The third-order valence-corrected chi connectivity index (χ3v) is 2.58. The first-order chi connectivity index (χ1) is 7.76. The van der Waals surface area contributed by atoms with Crippen molar-refractivity contribution in [2.24, 2.45) is 0 Å². The Morgan fingerprint density at radius 3 is 2.75 bits per heavy atom. The van der Waals surface area contributed by atoms with Crippen LogP contribution in [0.3, 0.4) is 0 Å². The van der Waals surface area contributed by atoms with Crippen molar-refractivity contribution >= 4 is 6.29 Å². The van der Waals surface area contributed by atoms with E-state index in [1.165, 1.54) is 0 Å². The summed E-state index contributed by atoms with van der Waals surface area (Å²) in [4.78, 5) is 15.4. The number of nitrogens with zero attached hydrogens (tertiary/aromatic N) is 2. The highest BCUT2D eigenvalue weighted by atomic mass is 16.1. The van der Waals surface area contributed by atoms with Crippen LogP contribution in [0.1, 0.15) is 28.8 Å². The quantitative estimate of drug-likeness (QED) is 0.736. The normalized spacial score (nSPS) is 10.4. The lowest BCUT2D eigenvalue weighted by Gasteiger charge is -2.09. The number of hydrogen-bond donors (Lipinski definition) is 0. The van der Waals surface area contributed by atoms with Crippen molar-refractivity contribution in [1.82, 2.24) is 9.55 Å². The summed E-state index contributed by atoms with van der Waals surface area (Å²) in [5.41, 5.74) is 2.69. The molecule has 0 unspecified atom stereocenters. The summed E-state index contributed by atoms with van der Waals surface area (Å²) in [6.07, 6.45) is 1.74. The van der Waals surface area contributed by atoms with Crippen LogP contribution in [-0.2, 0) is 6.42 Å². The van der Waals surface area contributed by atoms with Gasteiger partial charge in [0.15, 0.2) is 6.29 Å². The summed E-state index contributed by atoms with van der Waals surface area (Å²) in [6.45, 7) is 4.01. The molecule has 3 heteroatoms. The number of carbonyl (C=O) groups excluding carboxylic acids is 1. The fourth-order valence-electron chi connectivity index (χ4n) is 1.80. The number of aromatic nitrogens is 2. The zero-order chi connectivity index (χ0) is 11.5. The lowest BCUT2D eigenvalue weighted by molar-refractivity contribution is 0.111. The Hall–Kier alpha value is -1.90. The van der Waals surface area contributed by atoms with E-state index in [-0.39, 0.29) is 0 Å². The van der Waals surface area contributed by atoms with Gasteiger partial charge >= 0.3 is 0 Å². The maximum atomic E-state index is 11.0. The van der Waals surface area contributed by atoms with Crippen molar-refractivity contribution in [2.75, 3.05) is 0 Å². The first-order valence-corrected chi connectivity index (χ1v) is 5.36. The zero-order valence-electron chi connectivity index (χ0n) is 9.47. The highest BCUT2D eigenvalue weighted by molar-refractivity contribution is 5.74. The zero-order valence-corrected chi connectivity index (χ0v) is 9.47. The summed E-state index contributed by atoms with van der Waals surface area (Å²) >= 11 is 0. The number of pyridine rings is 1. The number of aldehydes is 1. The number of hydrogen-bond acceptors (Lipinski definition) is 2. The van der Waals surface area contributed by atoms with Gasteiger partial charge in [0.25, 0.3) is 0 Å². The predicted molar refractivity (Wildman–Crippen MR) is 63.1 cm³/mol. The van der Waals surface area contributed by atoms with E-state index in [9.17, 15) is 4.79 Å². The molecule has 82 valence electrons. The van der Waals surface area contributed by atoms with E-state index in [1.807, 2.05) is 41.8 Å². The van der Waals surface area contributed by atoms with Crippen molar-refractivity contribution in [3.63, 3.8) is 0 Å². The summed E-state index contributed by atoms with van der Waals surface area (Å²) < 4.78 is 1.90. The largest absolute Gasteiger partial charge is 0.296 e. The molecule has 2 rings (SSSR count). The molecule has 0 saturated heterocycles. The van der Waals surface area contributed by atoms with Crippen LogP contribution in [-0.4, -0.2) is 15.8 Å². The molecule has 0 spiro atoms. The van der Waals surface area contributed by atoms with E-state index < -0.39 is 0 Å². The van der Waals surface area contributed by atoms with Crippen LogP contribution in [0.5, 0.6) is 0 Å². The summed E-state index contributed by atoms with van der Waals surface area (Å²) in [6, 6.07) is 9.60. The lowest BCUT2D eigenvalue weighted by atomic mass is 10.3. The minimum absolute atomic E-state index is 0.648. The smallest absolute Gasteiger partial charge is 0.166 e. The van der Waals surface area contributed by atoms with Gasteiger partial charge in [0.05, 0.1) is 5.69 Å². The number of rotatable bonds is 3. The SMILES string of the molecule is CCc1ccc(C=O)n1-c1cccc(C)n1. The maximum absolute atomic E-state index is 11.0. The van der Waals surface area contributed by atoms with Crippen LogP contribution in [0, 0.1) is 6.92 Å². The van der Waals surface area contributed by atoms with Gasteiger partial charge in [0.1, 0.15) is 5.82 Å². The third-order valence-electron chi connectivity index (χ3n) is 2.58. The third kappa shape index (κ3) is 1.76. The van der Waals surface area contributed by atoms with Gasteiger partial charge in [-0.2, -0.15) is 0 Å². The van der Waals surface area contributed by atoms with Gasteiger partial charge < -0.3 is 0 Å². The van der Waals surface area contributed by atoms with E-state index >= 15 is 0 Å². The summed E-state index contributed by atoms with van der Waals surface area (Å²) in [7, 11) is 0. The number of carbonyl (C=O) groups is 1. The second-order valence-corrected chi connectivity index (χ2v) is 3.69. The number of aryl methyl sites for hydroxylation is 2. The molecule has 0 aliphatic rings. The average Bonchev–Trinajstić information content (AvgIpc) is 2.71. The van der Waals surface area contributed by atoms with Crippen molar-refractivity contribution in [3.8, 4) is 5.82 Å². The standard InChI is InChI=1S/C13H14N2O/c1-3-11-7-8-12(9-16)15(11)13-6-4-5-10(2)14-13/h4-9H,3H2,1-2H3. The van der Waals surface area contributed by atoms with Crippen LogP contribution in [0.4, 0.5) is 0 Å². The molecule has 0 radical (unpaired) electrons. The van der Waals surface area contributed by atoms with E-state index in [2.05, 4.69) is 11.9 Å².